The largest absolute Gasteiger partial charge is 0.417 e. The van der Waals surface area contributed by atoms with Crippen LogP contribution in [0.3, 0.4) is 0 Å². The van der Waals surface area contributed by atoms with Gasteiger partial charge in [-0.05, 0) is 31.0 Å². The first kappa shape index (κ1) is 18.8. The third kappa shape index (κ3) is 5.21. The molecule has 0 spiro atoms. The third-order valence-corrected chi connectivity index (χ3v) is 8.78. The molecular weight excluding hydrogens is 302 g/mol. The molecule has 1 aliphatic rings. The van der Waals surface area contributed by atoms with E-state index < -0.39 is 26.1 Å². The molecule has 1 heterocycles. The van der Waals surface area contributed by atoms with E-state index in [-0.39, 0.29) is 24.3 Å². The summed E-state index contributed by atoms with van der Waals surface area (Å²) in [6.07, 6.45) is 1.78. The first-order chi connectivity index (χ1) is 10.0. The fourth-order valence-corrected chi connectivity index (χ4v) is 2.81. The van der Waals surface area contributed by atoms with Gasteiger partial charge >= 0.3 is 5.97 Å². The fourth-order valence-electron chi connectivity index (χ4n) is 1.72. The number of amides is 2. The van der Waals surface area contributed by atoms with E-state index in [4.69, 9.17) is 9.26 Å². The van der Waals surface area contributed by atoms with Crippen molar-refractivity contribution < 1.29 is 23.6 Å². The summed E-state index contributed by atoms with van der Waals surface area (Å²) in [5.74, 6) is -1.44. The Morgan fingerprint density at radius 1 is 1.14 bits per heavy atom. The van der Waals surface area contributed by atoms with Gasteiger partial charge in [0.25, 0.3) is 11.8 Å². The summed E-state index contributed by atoms with van der Waals surface area (Å²) in [6, 6.07) is 0. The summed E-state index contributed by atoms with van der Waals surface area (Å²) in [5, 5.41) is 0.761. The Bertz CT molecular complexity index is 426. The van der Waals surface area contributed by atoms with Crippen LogP contribution in [-0.2, 0) is 23.6 Å². The Labute approximate surface area is 133 Å². The Hall–Kier alpha value is -1.21. The van der Waals surface area contributed by atoms with Crippen molar-refractivity contribution in [2.75, 3.05) is 6.61 Å². The zero-order valence-corrected chi connectivity index (χ0v) is 15.2. The van der Waals surface area contributed by atoms with Crippen molar-refractivity contribution in [2.24, 2.45) is 0 Å². The molecule has 0 aliphatic carbocycles. The second-order valence-electron chi connectivity index (χ2n) is 7.11. The van der Waals surface area contributed by atoms with Gasteiger partial charge in [-0.1, -0.05) is 20.8 Å². The highest BCUT2D eigenvalue weighted by molar-refractivity contribution is 6.74. The van der Waals surface area contributed by atoms with Crippen LogP contribution in [0.15, 0.2) is 0 Å². The number of hydrogen-bond acceptors (Lipinski definition) is 5. The molecule has 2 amide bonds. The van der Waals surface area contributed by atoms with Crippen molar-refractivity contribution in [1.29, 1.82) is 0 Å². The Kier molecular flexibility index (Phi) is 6.31. The molecule has 0 radical (unpaired) electrons. The van der Waals surface area contributed by atoms with Crippen LogP contribution < -0.4 is 0 Å². The van der Waals surface area contributed by atoms with Gasteiger partial charge < -0.3 is 9.26 Å². The van der Waals surface area contributed by atoms with Crippen molar-refractivity contribution in [1.82, 2.24) is 5.06 Å². The van der Waals surface area contributed by atoms with Gasteiger partial charge in [0.1, 0.15) is 0 Å². The molecule has 0 aromatic rings. The van der Waals surface area contributed by atoms with Gasteiger partial charge in [0.15, 0.2) is 8.32 Å². The lowest BCUT2D eigenvalue weighted by atomic mass is 10.2. The van der Waals surface area contributed by atoms with E-state index in [0.29, 0.717) is 18.1 Å². The van der Waals surface area contributed by atoms with Gasteiger partial charge in [0, 0.05) is 25.9 Å². The predicted octanol–water partition coefficient (Wildman–Crippen LogP) is 2.79. The van der Waals surface area contributed by atoms with Crippen molar-refractivity contribution in [2.45, 2.75) is 71.0 Å². The van der Waals surface area contributed by atoms with E-state index in [1.54, 1.807) is 0 Å². The molecule has 0 atom stereocenters. The Morgan fingerprint density at radius 2 is 1.68 bits per heavy atom. The Balaban J connectivity index is 2.21. The second kappa shape index (κ2) is 7.37. The van der Waals surface area contributed by atoms with E-state index in [1.807, 2.05) is 0 Å². The molecule has 1 aliphatic heterocycles. The van der Waals surface area contributed by atoms with Crippen LogP contribution in [0.1, 0.15) is 52.9 Å². The van der Waals surface area contributed by atoms with Gasteiger partial charge in [-0.3, -0.25) is 9.59 Å². The summed E-state index contributed by atoms with van der Waals surface area (Å²) >= 11 is 0. The molecule has 0 aromatic carbocycles. The third-order valence-electron chi connectivity index (χ3n) is 4.24. The van der Waals surface area contributed by atoms with Gasteiger partial charge in [-0.2, -0.15) is 0 Å². The fraction of sp³-hybridized carbons (Fsp3) is 0.800. The maximum atomic E-state index is 11.6. The first-order valence-corrected chi connectivity index (χ1v) is 10.7. The van der Waals surface area contributed by atoms with Gasteiger partial charge in [0.05, 0.1) is 0 Å². The first-order valence-electron chi connectivity index (χ1n) is 7.75. The standard InChI is InChI=1S/C15H27NO5Si/c1-15(2,3)22(4,5)20-11-7-6-8-14(19)21-16-12(17)9-10-13(16)18/h6-11H2,1-5H3. The molecule has 1 fully saturated rings. The predicted molar refractivity (Wildman–Crippen MR) is 84.2 cm³/mol. The minimum atomic E-state index is -1.74. The van der Waals surface area contributed by atoms with Crippen LogP contribution in [0.4, 0.5) is 0 Å². The summed E-state index contributed by atoms with van der Waals surface area (Å²) in [7, 11) is -1.74. The zero-order valence-electron chi connectivity index (χ0n) is 14.2. The Morgan fingerprint density at radius 3 is 2.18 bits per heavy atom. The van der Waals surface area contributed by atoms with Crippen LogP contribution in [0, 0.1) is 0 Å². The molecular formula is C15H27NO5Si. The van der Waals surface area contributed by atoms with Crippen molar-refractivity contribution in [3.63, 3.8) is 0 Å². The van der Waals surface area contributed by atoms with Gasteiger partial charge in [-0.25, -0.2) is 4.79 Å². The van der Waals surface area contributed by atoms with E-state index in [1.165, 1.54) is 0 Å². The number of unbranched alkanes of at least 4 members (excludes halogenated alkanes) is 1. The molecule has 22 heavy (non-hydrogen) atoms. The summed E-state index contributed by atoms with van der Waals surface area (Å²) in [6.45, 7) is 11.5. The highest BCUT2D eigenvalue weighted by atomic mass is 28.4. The molecule has 0 unspecified atom stereocenters. The number of carbonyl (C=O) groups is 3. The lowest BCUT2D eigenvalue weighted by molar-refractivity contribution is -0.197. The van der Waals surface area contributed by atoms with Crippen LogP contribution >= 0.6 is 0 Å². The smallest absolute Gasteiger partial charge is 0.333 e. The summed E-state index contributed by atoms with van der Waals surface area (Å²) in [5.41, 5.74) is 0. The second-order valence-corrected chi connectivity index (χ2v) is 11.9. The lowest BCUT2D eigenvalue weighted by Crippen LogP contribution is -2.40. The average Bonchev–Trinajstić information content (AvgIpc) is 2.68. The van der Waals surface area contributed by atoms with Crippen LogP contribution in [0.5, 0.6) is 0 Å². The van der Waals surface area contributed by atoms with Crippen LogP contribution in [-0.4, -0.2) is 37.8 Å². The van der Waals surface area contributed by atoms with Gasteiger partial charge in [0.2, 0.25) is 0 Å². The molecule has 7 heteroatoms. The molecule has 6 nitrogen and oxygen atoms in total. The monoisotopic (exact) mass is 329 g/mol. The highest BCUT2D eigenvalue weighted by Gasteiger charge is 2.37. The van der Waals surface area contributed by atoms with Crippen molar-refractivity contribution in [3.8, 4) is 0 Å². The van der Waals surface area contributed by atoms with E-state index >= 15 is 0 Å². The molecule has 0 aromatic heterocycles. The number of nitrogens with zero attached hydrogens (tertiary/aromatic N) is 1. The van der Waals surface area contributed by atoms with E-state index in [2.05, 4.69) is 33.9 Å². The number of hydroxylamine groups is 2. The average molecular weight is 329 g/mol. The highest BCUT2D eigenvalue weighted by Crippen LogP contribution is 2.36. The topological polar surface area (TPSA) is 72.9 Å². The number of carbonyl (C=O) groups excluding carboxylic acids is 3. The lowest BCUT2D eigenvalue weighted by Gasteiger charge is -2.36. The summed E-state index contributed by atoms with van der Waals surface area (Å²) < 4.78 is 6.01. The molecule has 0 saturated carbocycles. The van der Waals surface area contributed by atoms with Gasteiger partial charge in [-0.15, -0.1) is 5.06 Å². The minimum absolute atomic E-state index is 0.118. The number of imide groups is 1. The SMILES string of the molecule is CC(C)(C)[Si](C)(C)OCCCCC(=O)ON1C(=O)CCC1=O. The normalized spacial score (nSPS) is 16.3. The molecule has 0 bridgehead atoms. The maximum absolute atomic E-state index is 11.6. The number of rotatable bonds is 7. The molecule has 1 saturated heterocycles. The van der Waals surface area contributed by atoms with E-state index in [9.17, 15) is 14.4 Å². The van der Waals surface area contributed by atoms with Crippen LogP contribution in [0.2, 0.25) is 18.1 Å². The quantitative estimate of drug-likeness (QED) is 0.408. The minimum Gasteiger partial charge on any atom is -0.417 e. The molecule has 126 valence electrons. The van der Waals surface area contributed by atoms with Crippen LogP contribution in [0.25, 0.3) is 0 Å². The number of hydrogen-bond donors (Lipinski definition) is 0. The molecule has 1 rings (SSSR count). The zero-order chi connectivity index (χ0) is 17.0. The van der Waals surface area contributed by atoms with Crippen molar-refractivity contribution >= 4 is 26.1 Å². The molecule has 0 N–H and O–H groups in total. The summed E-state index contributed by atoms with van der Waals surface area (Å²) in [4.78, 5) is 39.0. The van der Waals surface area contributed by atoms with E-state index in [0.717, 1.165) is 6.42 Å². The van der Waals surface area contributed by atoms with Crippen molar-refractivity contribution in [3.05, 3.63) is 0 Å². The maximum Gasteiger partial charge on any atom is 0.333 e.